The molecule has 0 bridgehead atoms. The molecule has 2 rings (SSSR count). The summed E-state index contributed by atoms with van der Waals surface area (Å²) in [6.45, 7) is 2.99. The number of H-pyrrole nitrogens is 1. The quantitative estimate of drug-likeness (QED) is 0.650. The fraction of sp³-hybridized carbons (Fsp3) is 0.267. The van der Waals surface area contributed by atoms with Crippen molar-refractivity contribution in [2.24, 2.45) is 0 Å². The summed E-state index contributed by atoms with van der Waals surface area (Å²) in [6, 6.07) is 7.33. The van der Waals surface area contributed by atoms with Crippen LogP contribution in [-0.2, 0) is 0 Å². The van der Waals surface area contributed by atoms with Crippen molar-refractivity contribution in [1.82, 2.24) is 9.88 Å². The second-order valence-electron chi connectivity index (χ2n) is 4.46. The van der Waals surface area contributed by atoms with Crippen LogP contribution in [0.5, 0.6) is 0 Å². The van der Waals surface area contributed by atoms with E-state index in [1.54, 1.807) is 11.0 Å². The molecule has 0 fully saturated rings. The lowest BCUT2D eigenvalue weighted by atomic mass is 10.2. The molecule has 0 unspecified atom stereocenters. The van der Waals surface area contributed by atoms with Crippen LogP contribution < -0.4 is 5.73 Å². The highest BCUT2D eigenvalue weighted by atomic mass is 16.2. The minimum absolute atomic E-state index is 0.0745. The number of nitrogen functional groups attached to an aromatic ring is 1. The van der Waals surface area contributed by atoms with Gasteiger partial charge in [-0.3, -0.25) is 4.79 Å². The van der Waals surface area contributed by atoms with E-state index in [2.05, 4.69) is 10.9 Å². The number of terminal acetylenes is 1. The SMILES string of the molecule is C#CCN(CCC)C(=O)c1cc2cc(N)ccc2[nH]1. The summed E-state index contributed by atoms with van der Waals surface area (Å²) in [5, 5.41) is 0.931. The van der Waals surface area contributed by atoms with Crippen molar-refractivity contribution in [3.8, 4) is 12.3 Å². The molecule has 19 heavy (non-hydrogen) atoms. The van der Waals surface area contributed by atoms with E-state index >= 15 is 0 Å². The molecule has 1 aromatic heterocycles. The molecule has 4 heteroatoms. The van der Waals surface area contributed by atoms with Gasteiger partial charge in [-0.1, -0.05) is 12.8 Å². The highest BCUT2D eigenvalue weighted by molar-refractivity contribution is 5.98. The van der Waals surface area contributed by atoms with Crippen LogP contribution in [0.1, 0.15) is 23.8 Å². The van der Waals surface area contributed by atoms with Crippen LogP contribution in [0, 0.1) is 12.3 Å². The van der Waals surface area contributed by atoms with Crippen LogP contribution in [0.3, 0.4) is 0 Å². The van der Waals surface area contributed by atoms with Crippen LogP contribution in [0.2, 0.25) is 0 Å². The fourth-order valence-corrected chi connectivity index (χ4v) is 2.07. The van der Waals surface area contributed by atoms with E-state index in [-0.39, 0.29) is 5.91 Å². The van der Waals surface area contributed by atoms with E-state index in [4.69, 9.17) is 12.2 Å². The van der Waals surface area contributed by atoms with Gasteiger partial charge in [-0.25, -0.2) is 0 Å². The van der Waals surface area contributed by atoms with E-state index in [1.807, 2.05) is 25.1 Å². The molecule has 0 aliphatic rings. The lowest BCUT2D eigenvalue weighted by Crippen LogP contribution is -2.32. The number of carbonyl (C=O) groups excluding carboxylic acids is 1. The first kappa shape index (κ1) is 13.0. The van der Waals surface area contributed by atoms with Crippen molar-refractivity contribution >= 4 is 22.5 Å². The highest BCUT2D eigenvalue weighted by Gasteiger charge is 2.16. The Morgan fingerprint density at radius 2 is 2.26 bits per heavy atom. The molecule has 0 aliphatic carbocycles. The number of hydrogen-bond donors (Lipinski definition) is 2. The number of carbonyl (C=O) groups is 1. The Kier molecular flexibility index (Phi) is 3.76. The predicted octanol–water partition coefficient (Wildman–Crippen LogP) is 2.24. The van der Waals surface area contributed by atoms with Crippen molar-refractivity contribution < 1.29 is 4.79 Å². The number of rotatable bonds is 4. The molecule has 1 heterocycles. The highest BCUT2D eigenvalue weighted by Crippen LogP contribution is 2.19. The summed E-state index contributed by atoms with van der Waals surface area (Å²) in [5.41, 5.74) is 7.85. The number of hydrogen-bond acceptors (Lipinski definition) is 2. The number of benzene rings is 1. The lowest BCUT2D eigenvalue weighted by molar-refractivity contribution is 0.0772. The number of nitrogens with two attached hydrogens (primary N) is 1. The predicted molar refractivity (Wildman–Crippen MR) is 77.7 cm³/mol. The molecule has 0 saturated carbocycles. The normalized spacial score (nSPS) is 10.3. The van der Waals surface area contributed by atoms with Gasteiger partial charge in [0.05, 0.1) is 6.54 Å². The van der Waals surface area contributed by atoms with E-state index < -0.39 is 0 Å². The molecule has 0 aliphatic heterocycles. The average Bonchev–Trinajstić information content (AvgIpc) is 2.80. The van der Waals surface area contributed by atoms with Gasteiger partial charge in [-0.2, -0.15) is 0 Å². The number of amides is 1. The third-order valence-electron chi connectivity index (χ3n) is 2.94. The molecule has 1 aromatic carbocycles. The molecule has 0 saturated heterocycles. The fourth-order valence-electron chi connectivity index (χ4n) is 2.07. The zero-order valence-electron chi connectivity index (χ0n) is 10.9. The Morgan fingerprint density at radius 3 is 2.95 bits per heavy atom. The summed E-state index contributed by atoms with van der Waals surface area (Å²) in [7, 11) is 0. The molecule has 4 nitrogen and oxygen atoms in total. The first-order chi connectivity index (χ1) is 9.15. The first-order valence-electron chi connectivity index (χ1n) is 6.26. The van der Waals surface area contributed by atoms with Crippen LogP contribution in [0.25, 0.3) is 10.9 Å². The Labute approximate surface area is 112 Å². The van der Waals surface area contributed by atoms with Crippen molar-refractivity contribution in [2.75, 3.05) is 18.8 Å². The van der Waals surface area contributed by atoms with E-state index in [1.165, 1.54) is 0 Å². The van der Waals surface area contributed by atoms with Gasteiger partial charge in [-0.15, -0.1) is 6.42 Å². The number of nitrogens with one attached hydrogen (secondary N) is 1. The summed E-state index contributed by atoms with van der Waals surface area (Å²) in [6.07, 6.45) is 6.18. The van der Waals surface area contributed by atoms with Gasteiger partial charge < -0.3 is 15.6 Å². The molecule has 0 atom stereocenters. The first-order valence-corrected chi connectivity index (χ1v) is 6.26. The van der Waals surface area contributed by atoms with Gasteiger partial charge in [0.25, 0.3) is 5.91 Å². The Morgan fingerprint density at radius 1 is 1.47 bits per heavy atom. The van der Waals surface area contributed by atoms with Crippen molar-refractivity contribution in [1.29, 1.82) is 0 Å². The number of aromatic amines is 1. The maximum absolute atomic E-state index is 12.3. The summed E-state index contributed by atoms with van der Waals surface area (Å²) < 4.78 is 0. The molecule has 98 valence electrons. The van der Waals surface area contributed by atoms with Gasteiger partial charge in [-0.05, 0) is 30.7 Å². The Balaban J connectivity index is 2.32. The molecule has 1 amide bonds. The van der Waals surface area contributed by atoms with E-state index in [0.717, 1.165) is 17.3 Å². The molecule has 2 aromatic rings. The minimum Gasteiger partial charge on any atom is -0.399 e. The van der Waals surface area contributed by atoms with Crippen molar-refractivity contribution in [3.05, 3.63) is 30.0 Å². The Bertz CT molecular complexity index is 636. The zero-order chi connectivity index (χ0) is 13.8. The van der Waals surface area contributed by atoms with Crippen LogP contribution in [-0.4, -0.2) is 28.9 Å². The monoisotopic (exact) mass is 255 g/mol. The van der Waals surface area contributed by atoms with Gasteiger partial charge in [0.1, 0.15) is 5.69 Å². The third kappa shape index (κ3) is 2.71. The van der Waals surface area contributed by atoms with E-state index in [0.29, 0.717) is 24.5 Å². The van der Waals surface area contributed by atoms with Gasteiger partial charge in [0.15, 0.2) is 0 Å². The van der Waals surface area contributed by atoms with Gasteiger partial charge >= 0.3 is 0 Å². The van der Waals surface area contributed by atoms with Crippen molar-refractivity contribution in [2.45, 2.75) is 13.3 Å². The minimum atomic E-state index is -0.0745. The molecular weight excluding hydrogens is 238 g/mol. The summed E-state index contributed by atoms with van der Waals surface area (Å²) >= 11 is 0. The molecule has 0 radical (unpaired) electrons. The number of aromatic nitrogens is 1. The number of fused-ring (bicyclic) bond motifs is 1. The van der Waals surface area contributed by atoms with Gasteiger partial charge in [0, 0.05) is 23.1 Å². The topological polar surface area (TPSA) is 62.1 Å². The largest absolute Gasteiger partial charge is 0.399 e. The maximum atomic E-state index is 12.3. The standard InChI is InChI=1S/C15H17N3O/c1-3-7-18(8-4-2)15(19)14-10-11-9-12(16)5-6-13(11)17-14/h1,5-6,9-10,17H,4,7-8,16H2,2H3. The third-order valence-corrected chi connectivity index (χ3v) is 2.94. The second kappa shape index (κ2) is 5.49. The Hall–Kier alpha value is -2.41. The molecule has 0 spiro atoms. The van der Waals surface area contributed by atoms with Crippen molar-refractivity contribution in [3.63, 3.8) is 0 Å². The molecular formula is C15H17N3O. The van der Waals surface area contributed by atoms with E-state index in [9.17, 15) is 4.79 Å². The number of nitrogens with zero attached hydrogens (tertiary/aromatic N) is 1. The van der Waals surface area contributed by atoms with Crippen LogP contribution in [0.15, 0.2) is 24.3 Å². The van der Waals surface area contributed by atoms with Crippen LogP contribution >= 0.6 is 0 Å². The smallest absolute Gasteiger partial charge is 0.271 e. The lowest BCUT2D eigenvalue weighted by Gasteiger charge is -2.18. The molecule has 3 N–H and O–H groups in total. The number of anilines is 1. The summed E-state index contributed by atoms with van der Waals surface area (Å²) in [4.78, 5) is 17.1. The summed E-state index contributed by atoms with van der Waals surface area (Å²) in [5.74, 6) is 2.44. The average molecular weight is 255 g/mol. The maximum Gasteiger partial charge on any atom is 0.271 e. The second-order valence-corrected chi connectivity index (χ2v) is 4.46. The van der Waals surface area contributed by atoms with Gasteiger partial charge in [0.2, 0.25) is 0 Å². The van der Waals surface area contributed by atoms with Crippen LogP contribution in [0.4, 0.5) is 5.69 Å². The zero-order valence-corrected chi connectivity index (χ0v) is 10.9.